The van der Waals surface area contributed by atoms with E-state index in [-0.39, 0.29) is 31.1 Å². The fourth-order valence-electron chi connectivity index (χ4n) is 0.952. The van der Waals surface area contributed by atoms with E-state index < -0.39 is 0 Å². The van der Waals surface area contributed by atoms with Gasteiger partial charge in [0.25, 0.3) is 0 Å². The second-order valence-electron chi connectivity index (χ2n) is 2.16. The minimum absolute atomic E-state index is 0. The standard InChI is InChI=1S/C7H12O.U/c1-2-3-7-4-5-8-6-7;/h1-6H2;/q-2;+2. The van der Waals surface area contributed by atoms with Gasteiger partial charge in [0.2, 0.25) is 0 Å². The number of hydrogen-bond donors (Lipinski definition) is 0. The zero-order chi connectivity index (χ0) is 5.82. The van der Waals surface area contributed by atoms with Crippen LogP contribution in [0.4, 0.5) is 0 Å². The fraction of sp³-hybridized carbons (Fsp3) is 0.714. The molecule has 0 atom stereocenters. The molecule has 0 bridgehead atoms. The van der Waals surface area contributed by atoms with Crippen LogP contribution in [-0.4, -0.2) is 13.2 Å². The SMILES string of the molecule is [CH2-]CC[C-]1CCOC1.[U+2]. The fourth-order valence-corrected chi connectivity index (χ4v) is 0.952. The summed E-state index contributed by atoms with van der Waals surface area (Å²) in [5.41, 5.74) is 0. The number of hydrogen-bond acceptors (Lipinski definition) is 1. The van der Waals surface area contributed by atoms with Gasteiger partial charge in [-0.1, -0.05) is 6.61 Å². The van der Waals surface area contributed by atoms with Gasteiger partial charge in [-0.3, -0.25) is 5.92 Å². The van der Waals surface area contributed by atoms with Crippen LogP contribution in [0.5, 0.6) is 0 Å². The van der Waals surface area contributed by atoms with E-state index in [1.807, 2.05) is 0 Å². The summed E-state index contributed by atoms with van der Waals surface area (Å²) in [7, 11) is 0. The molecule has 1 saturated heterocycles. The molecule has 1 aliphatic heterocycles. The van der Waals surface area contributed by atoms with Crippen LogP contribution in [0.2, 0.25) is 0 Å². The van der Waals surface area contributed by atoms with Crippen molar-refractivity contribution in [3.05, 3.63) is 12.8 Å². The molecular weight excluding hydrogens is 338 g/mol. The Labute approximate surface area is 80.9 Å². The smallest absolute Gasteiger partial charge is 0.416 e. The summed E-state index contributed by atoms with van der Waals surface area (Å²) in [5, 5.41) is 0. The first-order valence-corrected chi connectivity index (χ1v) is 3.14. The Balaban J connectivity index is 0.000000640. The molecule has 0 N–H and O–H groups in total. The van der Waals surface area contributed by atoms with E-state index in [9.17, 15) is 0 Å². The molecule has 2 heteroatoms. The molecule has 1 fully saturated rings. The Bertz CT molecular complexity index is 59.9. The minimum atomic E-state index is 0. The Kier molecular flexibility index (Phi) is 6.42. The van der Waals surface area contributed by atoms with Crippen molar-refractivity contribution in [2.24, 2.45) is 0 Å². The van der Waals surface area contributed by atoms with Gasteiger partial charge in [-0.25, -0.2) is 12.8 Å². The molecule has 0 aromatic rings. The van der Waals surface area contributed by atoms with E-state index in [1.54, 1.807) is 5.92 Å². The molecule has 0 spiro atoms. The first kappa shape index (κ1) is 10.0. The summed E-state index contributed by atoms with van der Waals surface area (Å²) < 4.78 is 5.14. The summed E-state index contributed by atoms with van der Waals surface area (Å²) in [6, 6.07) is 0. The second kappa shape index (κ2) is 5.77. The van der Waals surface area contributed by atoms with E-state index in [0.717, 1.165) is 19.6 Å². The van der Waals surface area contributed by atoms with Crippen LogP contribution < -0.4 is 0 Å². The van der Waals surface area contributed by atoms with Crippen molar-refractivity contribution in [3.63, 3.8) is 0 Å². The molecule has 0 amide bonds. The van der Waals surface area contributed by atoms with E-state index in [2.05, 4.69) is 6.92 Å². The van der Waals surface area contributed by atoms with Gasteiger partial charge in [0.15, 0.2) is 0 Å². The molecule has 0 aliphatic carbocycles. The maximum atomic E-state index is 5.14. The summed E-state index contributed by atoms with van der Waals surface area (Å²) in [6.07, 6.45) is 3.37. The van der Waals surface area contributed by atoms with Gasteiger partial charge in [0.05, 0.1) is 0 Å². The molecule has 1 heterocycles. The zero-order valence-corrected chi connectivity index (χ0v) is 9.81. The van der Waals surface area contributed by atoms with Crippen molar-refractivity contribution in [2.45, 2.75) is 19.3 Å². The van der Waals surface area contributed by atoms with Crippen molar-refractivity contribution in [1.29, 1.82) is 0 Å². The van der Waals surface area contributed by atoms with Crippen molar-refractivity contribution in [2.75, 3.05) is 13.2 Å². The van der Waals surface area contributed by atoms with Crippen molar-refractivity contribution >= 4 is 0 Å². The molecular formula is C7H12OU. The minimum Gasteiger partial charge on any atom is -0.416 e. The van der Waals surface area contributed by atoms with Crippen LogP contribution in [-0.2, 0) is 4.74 Å². The third-order valence-electron chi connectivity index (χ3n) is 1.44. The Morgan fingerprint density at radius 3 is 2.78 bits per heavy atom. The third-order valence-corrected chi connectivity index (χ3v) is 1.44. The van der Waals surface area contributed by atoms with Gasteiger partial charge < -0.3 is 11.7 Å². The van der Waals surface area contributed by atoms with Gasteiger partial charge >= 0.3 is 31.1 Å². The first-order chi connectivity index (χ1) is 3.93. The first-order valence-electron chi connectivity index (χ1n) is 3.14. The monoisotopic (exact) mass is 350 g/mol. The maximum Gasteiger partial charge on any atom is 2.00 e. The number of rotatable bonds is 2. The van der Waals surface area contributed by atoms with Crippen LogP contribution in [0.25, 0.3) is 0 Å². The molecule has 0 unspecified atom stereocenters. The number of ether oxygens (including phenoxy) is 1. The molecule has 1 rings (SSSR count). The van der Waals surface area contributed by atoms with Crippen molar-refractivity contribution < 1.29 is 35.9 Å². The van der Waals surface area contributed by atoms with Gasteiger partial charge in [-0.2, -0.15) is 6.42 Å². The molecule has 0 radical (unpaired) electrons. The predicted octanol–water partition coefficient (Wildman–Crippen LogP) is 1.60. The van der Waals surface area contributed by atoms with E-state index >= 15 is 0 Å². The van der Waals surface area contributed by atoms with Crippen LogP contribution >= 0.6 is 0 Å². The van der Waals surface area contributed by atoms with Crippen LogP contribution in [0.1, 0.15) is 19.3 Å². The molecule has 0 aromatic heterocycles. The molecule has 1 nitrogen and oxygen atoms in total. The Morgan fingerprint density at radius 1 is 1.56 bits per heavy atom. The van der Waals surface area contributed by atoms with E-state index in [1.165, 1.54) is 12.8 Å². The van der Waals surface area contributed by atoms with Crippen LogP contribution in [0, 0.1) is 44.0 Å². The Morgan fingerprint density at radius 2 is 2.33 bits per heavy atom. The van der Waals surface area contributed by atoms with Crippen molar-refractivity contribution in [3.8, 4) is 0 Å². The van der Waals surface area contributed by atoms with E-state index in [0.29, 0.717) is 0 Å². The average molecular weight is 350 g/mol. The van der Waals surface area contributed by atoms with Gasteiger partial charge in [0, 0.05) is 6.61 Å². The van der Waals surface area contributed by atoms with Gasteiger partial charge in [-0.15, -0.1) is 0 Å². The maximum absolute atomic E-state index is 5.14. The van der Waals surface area contributed by atoms with Crippen molar-refractivity contribution in [1.82, 2.24) is 0 Å². The summed E-state index contributed by atoms with van der Waals surface area (Å²) in [6.45, 7) is 5.61. The largest absolute Gasteiger partial charge is 2.00 e. The second-order valence-corrected chi connectivity index (χ2v) is 2.16. The van der Waals surface area contributed by atoms with Crippen LogP contribution in [0.15, 0.2) is 0 Å². The van der Waals surface area contributed by atoms with Crippen LogP contribution in [0.3, 0.4) is 0 Å². The molecule has 1 aliphatic rings. The predicted molar refractivity (Wildman–Crippen MR) is 33.3 cm³/mol. The van der Waals surface area contributed by atoms with Gasteiger partial charge in [-0.05, 0) is 0 Å². The average Bonchev–Trinajstić information content (AvgIpc) is 2.19. The zero-order valence-electron chi connectivity index (χ0n) is 5.65. The molecule has 0 saturated carbocycles. The quantitative estimate of drug-likeness (QED) is 0.688. The van der Waals surface area contributed by atoms with Gasteiger partial charge in [0.1, 0.15) is 0 Å². The summed E-state index contributed by atoms with van der Waals surface area (Å²) in [5.74, 6) is 1.54. The Hall–Kier alpha value is 1.01. The normalized spacial score (nSPS) is 19.7. The molecule has 0 aromatic carbocycles. The summed E-state index contributed by atoms with van der Waals surface area (Å²) >= 11 is 0. The third kappa shape index (κ3) is 3.65. The molecule has 9 heavy (non-hydrogen) atoms. The topological polar surface area (TPSA) is 9.23 Å². The van der Waals surface area contributed by atoms with E-state index in [4.69, 9.17) is 4.74 Å². The summed E-state index contributed by atoms with van der Waals surface area (Å²) in [4.78, 5) is 0. The molecule has 50 valence electrons.